The third-order valence-electron chi connectivity index (χ3n) is 4.46. The van der Waals surface area contributed by atoms with Crippen LogP contribution in [0.15, 0.2) is 36.4 Å². The molecule has 1 atom stereocenters. The summed E-state index contributed by atoms with van der Waals surface area (Å²) in [6.07, 6.45) is 0. The SMILES string of the molecule is Cc1c(C(C)C(N)=O)c2cc(O)c(F)cc2n1C(=O)c1cccc(F)c1. The molecule has 2 aromatic carbocycles. The fourth-order valence-corrected chi connectivity index (χ4v) is 3.15. The zero-order valence-electron chi connectivity index (χ0n) is 14.1. The van der Waals surface area contributed by atoms with Gasteiger partial charge in [0.2, 0.25) is 5.91 Å². The molecule has 1 amide bonds. The van der Waals surface area contributed by atoms with Crippen LogP contribution in [0.5, 0.6) is 5.75 Å². The van der Waals surface area contributed by atoms with Crippen molar-refractivity contribution in [2.24, 2.45) is 5.73 Å². The maximum absolute atomic E-state index is 13.9. The minimum Gasteiger partial charge on any atom is -0.505 e. The first-order chi connectivity index (χ1) is 12.2. The first-order valence-electron chi connectivity index (χ1n) is 7.85. The summed E-state index contributed by atoms with van der Waals surface area (Å²) < 4.78 is 28.6. The standard InChI is InChI=1S/C19H16F2N2O3/c1-9(18(22)25)17-10(2)23(15-8-14(21)16(24)7-13(15)17)19(26)11-4-3-5-12(20)6-11/h3-9,24H,1-2H3,(H2,22,25). The van der Waals surface area contributed by atoms with Crippen LogP contribution >= 0.6 is 0 Å². The van der Waals surface area contributed by atoms with E-state index >= 15 is 0 Å². The molecule has 1 heterocycles. The molecule has 0 saturated heterocycles. The molecule has 0 radical (unpaired) electrons. The normalized spacial score (nSPS) is 12.3. The highest BCUT2D eigenvalue weighted by molar-refractivity contribution is 6.05. The number of carbonyl (C=O) groups is 2. The number of aromatic nitrogens is 1. The van der Waals surface area contributed by atoms with Gasteiger partial charge in [0, 0.05) is 22.7 Å². The predicted octanol–water partition coefficient (Wildman–Crippen LogP) is 3.21. The van der Waals surface area contributed by atoms with Gasteiger partial charge in [0.05, 0.1) is 11.4 Å². The second kappa shape index (κ2) is 6.25. The molecule has 5 nitrogen and oxygen atoms in total. The number of nitrogens with two attached hydrogens (primary N) is 1. The van der Waals surface area contributed by atoms with E-state index in [1.807, 2.05) is 0 Å². The lowest BCUT2D eigenvalue weighted by molar-refractivity contribution is -0.119. The van der Waals surface area contributed by atoms with E-state index in [1.54, 1.807) is 13.8 Å². The zero-order chi connectivity index (χ0) is 19.2. The number of benzene rings is 2. The van der Waals surface area contributed by atoms with Crippen LogP contribution in [-0.2, 0) is 4.79 Å². The van der Waals surface area contributed by atoms with Crippen molar-refractivity contribution in [3.63, 3.8) is 0 Å². The van der Waals surface area contributed by atoms with Crippen LogP contribution in [0, 0.1) is 18.6 Å². The average Bonchev–Trinajstić information content (AvgIpc) is 2.85. The van der Waals surface area contributed by atoms with Crippen molar-refractivity contribution in [2.45, 2.75) is 19.8 Å². The number of fused-ring (bicyclic) bond motifs is 1. The number of phenolic OH excluding ortho intramolecular Hbond substituents is 1. The third kappa shape index (κ3) is 2.71. The summed E-state index contributed by atoms with van der Waals surface area (Å²) in [5, 5.41) is 10.1. The van der Waals surface area contributed by atoms with Crippen molar-refractivity contribution in [3.05, 3.63) is 64.9 Å². The smallest absolute Gasteiger partial charge is 0.262 e. The van der Waals surface area contributed by atoms with E-state index < -0.39 is 35.1 Å². The number of hydrogen-bond acceptors (Lipinski definition) is 3. The van der Waals surface area contributed by atoms with Crippen molar-refractivity contribution in [1.82, 2.24) is 4.57 Å². The van der Waals surface area contributed by atoms with Gasteiger partial charge in [-0.1, -0.05) is 6.07 Å². The Morgan fingerprint density at radius 3 is 2.50 bits per heavy atom. The van der Waals surface area contributed by atoms with Crippen LogP contribution in [0.1, 0.15) is 34.5 Å². The van der Waals surface area contributed by atoms with Crippen LogP contribution in [0.2, 0.25) is 0 Å². The Morgan fingerprint density at radius 1 is 1.19 bits per heavy atom. The summed E-state index contributed by atoms with van der Waals surface area (Å²) in [7, 11) is 0. The zero-order valence-corrected chi connectivity index (χ0v) is 14.1. The second-order valence-electron chi connectivity index (χ2n) is 6.09. The number of phenols is 1. The quantitative estimate of drug-likeness (QED) is 0.754. The summed E-state index contributed by atoms with van der Waals surface area (Å²) in [6, 6.07) is 7.26. The number of halogens is 2. The van der Waals surface area contributed by atoms with E-state index in [1.165, 1.54) is 22.8 Å². The van der Waals surface area contributed by atoms with Crippen molar-refractivity contribution in [2.75, 3.05) is 0 Å². The van der Waals surface area contributed by atoms with Crippen molar-refractivity contribution < 1.29 is 23.5 Å². The van der Waals surface area contributed by atoms with Crippen LogP contribution in [0.4, 0.5) is 8.78 Å². The van der Waals surface area contributed by atoms with Crippen molar-refractivity contribution >= 4 is 22.7 Å². The van der Waals surface area contributed by atoms with Gasteiger partial charge in [-0.15, -0.1) is 0 Å². The van der Waals surface area contributed by atoms with Gasteiger partial charge in [0.15, 0.2) is 11.6 Å². The van der Waals surface area contributed by atoms with Crippen LogP contribution in [-0.4, -0.2) is 21.5 Å². The molecular weight excluding hydrogens is 342 g/mol. The molecule has 3 N–H and O–H groups in total. The Kier molecular flexibility index (Phi) is 4.23. The highest BCUT2D eigenvalue weighted by atomic mass is 19.1. The molecular formula is C19H16F2N2O3. The first kappa shape index (κ1) is 17.6. The fraction of sp³-hybridized carbons (Fsp3) is 0.158. The van der Waals surface area contributed by atoms with E-state index in [2.05, 4.69) is 0 Å². The topological polar surface area (TPSA) is 85.3 Å². The number of aromatic hydroxyl groups is 1. The van der Waals surface area contributed by atoms with Gasteiger partial charge < -0.3 is 10.8 Å². The highest BCUT2D eigenvalue weighted by Gasteiger charge is 2.26. The molecule has 0 aliphatic rings. The molecule has 0 aliphatic heterocycles. The van der Waals surface area contributed by atoms with Gasteiger partial charge in [-0.25, -0.2) is 8.78 Å². The number of rotatable bonds is 3. The molecule has 134 valence electrons. The Labute approximate surface area is 147 Å². The maximum Gasteiger partial charge on any atom is 0.262 e. The van der Waals surface area contributed by atoms with E-state index in [9.17, 15) is 23.5 Å². The van der Waals surface area contributed by atoms with Gasteiger partial charge in [0.25, 0.3) is 5.91 Å². The van der Waals surface area contributed by atoms with Gasteiger partial charge >= 0.3 is 0 Å². The lowest BCUT2D eigenvalue weighted by Gasteiger charge is -2.10. The lowest BCUT2D eigenvalue weighted by atomic mass is 9.97. The monoisotopic (exact) mass is 358 g/mol. The van der Waals surface area contributed by atoms with Gasteiger partial charge in [-0.3, -0.25) is 14.2 Å². The molecule has 1 unspecified atom stereocenters. The lowest BCUT2D eigenvalue weighted by Crippen LogP contribution is -2.20. The van der Waals surface area contributed by atoms with Gasteiger partial charge in [0.1, 0.15) is 5.82 Å². The largest absolute Gasteiger partial charge is 0.505 e. The minimum absolute atomic E-state index is 0.0664. The van der Waals surface area contributed by atoms with Gasteiger partial charge in [-0.2, -0.15) is 0 Å². The average molecular weight is 358 g/mol. The Bertz CT molecular complexity index is 1060. The highest BCUT2D eigenvalue weighted by Crippen LogP contribution is 2.35. The number of amides is 1. The molecule has 0 fully saturated rings. The van der Waals surface area contributed by atoms with Crippen molar-refractivity contribution in [3.8, 4) is 5.75 Å². The maximum atomic E-state index is 13.9. The Morgan fingerprint density at radius 2 is 1.88 bits per heavy atom. The molecule has 3 aromatic rings. The molecule has 0 saturated carbocycles. The summed E-state index contributed by atoms with van der Waals surface area (Å²) >= 11 is 0. The van der Waals surface area contributed by atoms with E-state index in [0.717, 1.165) is 18.2 Å². The third-order valence-corrected chi connectivity index (χ3v) is 4.46. The van der Waals surface area contributed by atoms with E-state index in [-0.39, 0.29) is 11.1 Å². The fourth-order valence-electron chi connectivity index (χ4n) is 3.15. The molecule has 0 aliphatic carbocycles. The predicted molar refractivity (Wildman–Crippen MR) is 92.0 cm³/mol. The number of carbonyl (C=O) groups excluding carboxylic acids is 2. The first-order valence-corrected chi connectivity index (χ1v) is 7.85. The van der Waals surface area contributed by atoms with Crippen molar-refractivity contribution in [1.29, 1.82) is 0 Å². The number of nitrogens with zero attached hydrogens (tertiary/aromatic N) is 1. The summed E-state index contributed by atoms with van der Waals surface area (Å²) in [4.78, 5) is 24.6. The molecule has 0 bridgehead atoms. The summed E-state index contributed by atoms with van der Waals surface area (Å²) in [5.41, 5.74) is 6.40. The minimum atomic E-state index is -0.915. The molecule has 0 spiro atoms. The van der Waals surface area contributed by atoms with Crippen LogP contribution < -0.4 is 5.73 Å². The number of hydrogen-bond donors (Lipinski definition) is 2. The molecule has 7 heteroatoms. The van der Waals surface area contributed by atoms with E-state index in [4.69, 9.17) is 5.73 Å². The van der Waals surface area contributed by atoms with E-state index in [0.29, 0.717) is 16.6 Å². The molecule has 26 heavy (non-hydrogen) atoms. The van der Waals surface area contributed by atoms with Crippen LogP contribution in [0.25, 0.3) is 10.9 Å². The summed E-state index contributed by atoms with van der Waals surface area (Å²) in [5.74, 6) is -4.09. The van der Waals surface area contributed by atoms with Crippen LogP contribution in [0.3, 0.4) is 0 Å². The molecule has 3 rings (SSSR count). The number of primary amides is 1. The Balaban J connectivity index is 2.35. The summed E-state index contributed by atoms with van der Waals surface area (Å²) in [6.45, 7) is 3.14. The van der Waals surface area contributed by atoms with Gasteiger partial charge in [-0.05, 0) is 43.7 Å². The second-order valence-corrected chi connectivity index (χ2v) is 6.09. The Hall–Kier alpha value is -3.22. The molecule has 1 aromatic heterocycles.